The van der Waals surface area contributed by atoms with Crippen LogP contribution in [-0.2, 0) is 10.2 Å². The van der Waals surface area contributed by atoms with Gasteiger partial charge in [0, 0.05) is 77.2 Å². The number of hydrogen-bond donors (Lipinski definition) is 1. The average Bonchev–Trinajstić information content (AvgIpc) is 3.32. The lowest BCUT2D eigenvalue weighted by molar-refractivity contribution is 0.0115. The number of carbonyl (C=O) groups excluding carboxylic acids is 1. The second-order valence-electron chi connectivity index (χ2n) is 11.0. The first kappa shape index (κ1) is 23.1. The molecule has 1 atom stereocenters. The summed E-state index contributed by atoms with van der Waals surface area (Å²) in [5.74, 6) is 2.92. The summed E-state index contributed by atoms with van der Waals surface area (Å²) >= 11 is 0. The zero-order valence-corrected chi connectivity index (χ0v) is 21.1. The number of nitrogens with zero attached hydrogens (tertiary/aromatic N) is 3. The molecule has 2 saturated heterocycles. The maximum Gasteiger partial charge on any atom is 0.191 e. The van der Waals surface area contributed by atoms with Gasteiger partial charge < -0.3 is 15.0 Å². The topological polar surface area (TPSA) is 68.6 Å². The molecule has 2 fully saturated rings. The first-order valence-electron chi connectivity index (χ1n) is 13.0. The standard InChI is InChI=1S/C30H32N4O2/c1-4-20-16-23-24(17-26(20)34-9-7-21(8-10-34)33-11-13-36-14-12-33)30(2,3)29-27(28(23)35)22-6-5-19(18-31)15-25(22)32-29/h1,5,15-17,21-22,32H,6-14H2,2-3H3. The molecule has 6 nitrogen and oxygen atoms in total. The summed E-state index contributed by atoms with van der Waals surface area (Å²) in [6.07, 6.45) is 12.7. The number of nitriles is 1. The van der Waals surface area contributed by atoms with Crippen LogP contribution in [0, 0.1) is 29.6 Å². The van der Waals surface area contributed by atoms with E-state index in [9.17, 15) is 10.1 Å². The Labute approximate surface area is 213 Å². The van der Waals surface area contributed by atoms with E-state index >= 15 is 0 Å². The van der Waals surface area contributed by atoms with Crippen LogP contribution in [0.15, 0.2) is 46.8 Å². The second kappa shape index (κ2) is 8.66. The number of hydrogen-bond acceptors (Lipinski definition) is 6. The van der Waals surface area contributed by atoms with E-state index in [-0.39, 0.29) is 17.1 Å². The number of carbonyl (C=O) groups is 1. The molecule has 0 bridgehead atoms. The Bertz CT molecular complexity index is 1310. The summed E-state index contributed by atoms with van der Waals surface area (Å²) in [5.41, 5.74) is 6.62. The number of anilines is 1. The Morgan fingerprint density at radius 1 is 1.17 bits per heavy atom. The zero-order valence-electron chi connectivity index (χ0n) is 21.1. The summed E-state index contributed by atoms with van der Waals surface area (Å²) in [6, 6.07) is 6.96. The van der Waals surface area contributed by atoms with Gasteiger partial charge in [-0.05, 0) is 43.0 Å². The first-order chi connectivity index (χ1) is 17.4. The predicted molar refractivity (Wildman–Crippen MR) is 139 cm³/mol. The second-order valence-corrected chi connectivity index (χ2v) is 11.0. The van der Waals surface area contributed by atoms with Crippen molar-refractivity contribution in [1.29, 1.82) is 5.26 Å². The Kier molecular flexibility index (Phi) is 5.56. The Balaban J connectivity index is 1.32. The number of nitrogens with one attached hydrogen (secondary N) is 1. The largest absolute Gasteiger partial charge is 0.379 e. The van der Waals surface area contributed by atoms with Crippen LogP contribution in [0.1, 0.15) is 54.6 Å². The number of terminal acetylenes is 1. The monoisotopic (exact) mass is 480 g/mol. The van der Waals surface area contributed by atoms with Crippen molar-refractivity contribution in [1.82, 2.24) is 10.2 Å². The smallest absolute Gasteiger partial charge is 0.191 e. The van der Waals surface area contributed by atoms with Crippen LogP contribution in [0.25, 0.3) is 0 Å². The number of allylic oxidation sites excluding steroid dienone is 5. The molecule has 0 saturated carbocycles. The number of ketones is 1. The number of fused-ring (bicyclic) bond motifs is 3. The van der Waals surface area contributed by atoms with Crippen LogP contribution in [0.3, 0.4) is 0 Å². The zero-order chi connectivity index (χ0) is 25.0. The Morgan fingerprint density at radius 3 is 2.61 bits per heavy atom. The van der Waals surface area contributed by atoms with Gasteiger partial charge in [-0.2, -0.15) is 5.26 Å². The predicted octanol–water partition coefficient (Wildman–Crippen LogP) is 3.65. The van der Waals surface area contributed by atoms with Crippen molar-refractivity contribution in [2.45, 2.75) is 44.6 Å². The van der Waals surface area contributed by atoms with E-state index in [1.807, 2.05) is 18.2 Å². The third-order valence-corrected chi connectivity index (χ3v) is 8.72. The number of morpholine rings is 1. The van der Waals surface area contributed by atoms with Crippen LogP contribution < -0.4 is 10.2 Å². The van der Waals surface area contributed by atoms with Crippen molar-refractivity contribution in [2.75, 3.05) is 44.3 Å². The average molecular weight is 481 g/mol. The number of piperidine rings is 1. The molecule has 1 unspecified atom stereocenters. The SMILES string of the molecule is C#Cc1cc2c(cc1N1CCC(N3CCOCC3)CC1)C(C)(C)C1=C(C2=O)C2CC=C(C#N)C=C2N1. The minimum Gasteiger partial charge on any atom is -0.379 e. The summed E-state index contributed by atoms with van der Waals surface area (Å²) in [6.45, 7) is 9.95. The minimum atomic E-state index is -0.377. The van der Waals surface area contributed by atoms with E-state index in [0.717, 1.165) is 91.6 Å². The highest BCUT2D eigenvalue weighted by Gasteiger charge is 2.47. The molecule has 2 aliphatic carbocycles. The molecule has 5 aliphatic rings. The van der Waals surface area contributed by atoms with Crippen LogP contribution in [0.2, 0.25) is 0 Å². The van der Waals surface area contributed by atoms with Gasteiger partial charge in [0.1, 0.15) is 0 Å². The Morgan fingerprint density at radius 2 is 1.92 bits per heavy atom. The summed E-state index contributed by atoms with van der Waals surface area (Å²) < 4.78 is 5.53. The molecule has 0 amide bonds. The van der Waals surface area contributed by atoms with E-state index in [1.165, 1.54) is 0 Å². The van der Waals surface area contributed by atoms with E-state index in [2.05, 4.69) is 47.0 Å². The van der Waals surface area contributed by atoms with Gasteiger partial charge in [-0.15, -0.1) is 6.42 Å². The van der Waals surface area contributed by atoms with Gasteiger partial charge in [0.15, 0.2) is 5.78 Å². The number of benzene rings is 1. The van der Waals surface area contributed by atoms with Gasteiger partial charge in [0.25, 0.3) is 0 Å². The molecule has 0 radical (unpaired) electrons. The van der Waals surface area contributed by atoms with Gasteiger partial charge in [0.2, 0.25) is 0 Å². The normalized spacial score (nSPS) is 25.6. The highest BCUT2D eigenvalue weighted by molar-refractivity contribution is 6.14. The quantitative estimate of drug-likeness (QED) is 0.652. The molecule has 1 aromatic carbocycles. The lowest BCUT2D eigenvalue weighted by Crippen LogP contribution is -2.49. The molecule has 3 aliphatic heterocycles. The van der Waals surface area contributed by atoms with Gasteiger partial charge >= 0.3 is 0 Å². The van der Waals surface area contributed by atoms with Gasteiger partial charge in [0.05, 0.1) is 25.0 Å². The third-order valence-electron chi connectivity index (χ3n) is 8.72. The van der Waals surface area contributed by atoms with Crippen molar-refractivity contribution in [3.8, 4) is 18.4 Å². The Hall–Kier alpha value is -3.32. The first-order valence-corrected chi connectivity index (χ1v) is 13.0. The van der Waals surface area contributed by atoms with Crippen LogP contribution in [0.4, 0.5) is 5.69 Å². The molecule has 36 heavy (non-hydrogen) atoms. The molecule has 0 spiro atoms. The fourth-order valence-corrected chi connectivity index (χ4v) is 6.69. The van der Waals surface area contributed by atoms with Gasteiger partial charge in [-0.1, -0.05) is 25.8 Å². The van der Waals surface area contributed by atoms with E-state index < -0.39 is 0 Å². The van der Waals surface area contributed by atoms with Crippen molar-refractivity contribution in [3.63, 3.8) is 0 Å². The fourth-order valence-electron chi connectivity index (χ4n) is 6.69. The number of ether oxygens (including phenoxy) is 1. The lowest BCUT2D eigenvalue weighted by atomic mass is 9.69. The van der Waals surface area contributed by atoms with Crippen molar-refractivity contribution in [3.05, 3.63) is 63.5 Å². The molecule has 6 rings (SSSR count). The van der Waals surface area contributed by atoms with Crippen LogP contribution in [-0.4, -0.2) is 56.1 Å². The molecule has 6 heteroatoms. The number of Topliss-reactive ketones (excluding diaryl/α,β-unsaturated/α-hetero) is 1. The van der Waals surface area contributed by atoms with E-state index in [4.69, 9.17) is 11.2 Å². The van der Waals surface area contributed by atoms with Gasteiger partial charge in [-0.3, -0.25) is 9.69 Å². The van der Waals surface area contributed by atoms with Gasteiger partial charge in [-0.25, -0.2) is 0 Å². The van der Waals surface area contributed by atoms with Crippen molar-refractivity contribution in [2.24, 2.45) is 5.92 Å². The highest BCUT2D eigenvalue weighted by Crippen LogP contribution is 2.50. The molecule has 3 heterocycles. The molecule has 1 aromatic rings. The highest BCUT2D eigenvalue weighted by atomic mass is 16.5. The van der Waals surface area contributed by atoms with E-state index in [1.54, 1.807) is 0 Å². The third kappa shape index (κ3) is 3.52. The molecular weight excluding hydrogens is 448 g/mol. The summed E-state index contributed by atoms with van der Waals surface area (Å²) in [4.78, 5) is 18.8. The summed E-state index contributed by atoms with van der Waals surface area (Å²) in [5, 5.41) is 12.9. The number of rotatable bonds is 2. The maximum absolute atomic E-state index is 13.9. The van der Waals surface area contributed by atoms with E-state index in [0.29, 0.717) is 18.0 Å². The summed E-state index contributed by atoms with van der Waals surface area (Å²) in [7, 11) is 0. The van der Waals surface area contributed by atoms with Crippen LogP contribution >= 0.6 is 0 Å². The molecular formula is C30H32N4O2. The van der Waals surface area contributed by atoms with Crippen molar-refractivity contribution < 1.29 is 9.53 Å². The lowest BCUT2D eigenvalue weighted by Gasteiger charge is -2.42. The molecule has 184 valence electrons. The minimum absolute atomic E-state index is 0.0230. The maximum atomic E-state index is 13.9. The molecule has 1 N–H and O–H groups in total. The molecule has 0 aromatic heterocycles. The van der Waals surface area contributed by atoms with Crippen molar-refractivity contribution >= 4 is 11.5 Å². The fraction of sp³-hybridized carbons (Fsp3) is 0.467. The van der Waals surface area contributed by atoms with Crippen LogP contribution in [0.5, 0.6) is 0 Å².